The van der Waals surface area contributed by atoms with Crippen molar-refractivity contribution in [1.82, 2.24) is 0 Å². The summed E-state index contributed by atoms with van der Waals surface area (Å²) in [5, 5.41) is 0. The van der Waals surface area contributed by atoms with Crippen molar-refractivity contribution in [1.29, 1.82) is 0 Å². The van der Waals surface area contributed by atoms with E-state index >= 15 is 0 Å². The van der Waals surface area contributed by atoms with Crippen LogP contribution < -0.4 is 0 Å². The summed E-state index contributed by atoms with van der Waals surface area (Å²) in [6.07, 6.45) is 1.30. The molecule has 1 spiro atoms. The van der Waals surface area contributed by atoms with E-state index < -0.39 is 0 Å². The molecule has 3 heteroatoms. The average Bonchev–Trinajstić information content (AvgIpc) is 2.52. The van der Waals surface area contributed by atoms with Crippen molar-refractivity contribution in [3.05, 3.63) is 0 Å². The standard InChI is InChI=1S/C12H17BrO2/c1-7-9(2,3)11-6-10(7,11)12(8(11)13)14-4-5-15-12/h7-8H,4-6H2,1-3H3/t7-,8+,10-,11+/m0/s1. The molecule has 0 bridgehead atoms. The smallest absolute Gasteiger partial charge is 0.188 e. The zero-order valence-electron chi connectivity index (χ0n) is 9.47. The van der Waals surface area contributed by atoms with Crippen LogP contribution in [0.25, 0.3) is 0 Å². The van der Waals surface area contributed by atoms with Gasteiger partial charge in [0, 0.05) is 10.8 Å². The summed E-state index contributed by atoms with van der Waals surface area (Å²) in [5.74, 6) is 0.457. The minimum atomic E-state index is -0.262. The molecule has 0 amide bonds. The van der Waals surface area contributed by atoms with Crippen molar-refractivity contribution in [2.24, 2.45) is 22.2 Å². The van der Waals surface area contributed by atoms with Crippen molar-refractivity contribution in [3.63, 3.8) is 0 Å². The Labute approximate surface area is 98.8 Å². The Bertz CT molecular complexity index is 361. The highest BCUT2D eigenvalue weighted by atomic mass is 79.9. The van der Waals surface area contributed by atoms with E-state index in [2.05, 4.69) is 36.7 Å². The van der Waals surface area contributed by atoms with Gasteiger partial charge in [-0.25, -0.2) is 0 Å². The molecule has 0 radical (unpaired) electrons. The fourth-order valence-corrected chi connectivity index (χ4v) is 7.18. The maximum Gasteiger partial charge on any atom is 0.188 e. The van der Waals surface area contributed by atoms with Crippen molar-refractivity contribution in [3.8, 4) is 0 Å². The molecule has 1 saturated heterocycles. The summed E-state index contributed by atoms with van der Waals surface area (Å²) in [4.78, 5) is 0.409. The summed E-state index contributed by atoms with van der Waals surface area (Å²) in [6.45, 7) is 8.72. The number of rotatable bonds is 0. The Morgan fingerprint density at radius 3 is 2.27 bits per heavy atom. The predicted molar refractivity (Wildman–Crippen MR) is 59.8 cm³/mol. The van der Waals surface area contributed by atoms with Gasteiger partial charge in [-0.05, 0) is 17.8 Å². The van der Waals surface area contributed by atoms with Gasteiger partial charge in [-0.3, -0.25) is 0 Å². The van der Waals surface area contributed by atoms with Gasteiger partial charge in [0.05, 0.1) is 18.0 Å². The van der Waals surface area contributed by atoms with E-state index in [4.69, 9.17) is 9.47 Å². The third kappa shape index (κ3) is 0.534. The van der Waals surface area contributed by atoms with Crippen LogP contribution in [0, 0.1) is 22.2 Å². The lowest BCUT2D eigenvalue weighted by Crippen LogP contribution is -2.78. The minimum Gasteiger partial charge on any atom is -0.346 e. The van der Waals surface area contributed by atoms with Crippen molar-refractivity contribution < 1.29 is 9.47 Å². The number of hydrogen-bond acceptors (Lipinski definition) is 2. The fraction of sp³-hybridized carbons (Fsp3) is 1.00. The van der Waals surface area contributed by atoms with Gasteiger partial charge in [0.15, 0.2) is 5.79 Å². The van der Waals surface area contributed by atoms with E-state index in [1.54, 1.807) is 0 Å². The Morgan fingerprint density at radius 2 is 1.73 bits per heavy atom. The highest BCUT2D eigenvalue weighted by Gasteiger charge is 3.04. The molecule has 4 aliphatic rings. The van der Waals surface area contributed by atoms with Gasteiger partial charge in [0.1, 0.15) is 0 Å². The number of ether oxygens (including phenoxy) is 2. The monoisotopic (exact) mass is 272 g/mol. The summed E-state index contributed by atoms with van der Waals surface area (Å²) in [6, 6.07) is 0. The summed E-state index contributed by atoms with van der Waals surface area (Å²) in [7, 11) is 0. The number of alkyl halides is 1. The van der Waals surface area contributed by atoms with Crippen LogP contribution >= 0.6 is 15.9 Å². The molecular weight excluding hydrogens is 256 g/mol. The molecule has 0 aromatic rings. The highest BCUT2D eigenvalue weighted by molar-refractivity contribution is 9.09. The molecule has 0 N–H and O–H groups in total. The van der Waals surface area contributed by atoms with E-state index in [9.17, 15) is 0 Å². The van der Waals surface area contributed by atoms with Crippen LogP contribution in [0.4, 0.5) is 0 Å². The molecule has 3 aliphatic carbocycles. The molecule has 4 rings (SSSR count). The first-order valence-corrected chi connectivity index (χ1v) is 6.81. The molecule has 84 valence electrons. The van der Waals surface area contributed by atoms with E-state index in [1.807, 2.05) is 0 Å². The molecule has 2 nitrogen and oxygen atoms in total. The van der Waals surface area contributed by atoms with Crippen LogP contribution in [-0.2, 0) is 9.47 Å². The number of halogens is 1. The SMILES string of the molecule is C[C@H]1C(C)(C)[C@]23C[C@]12C1(OCCO1)[C@@H]3Br. The van der Waals surface area contributed by atoms with Crippen molar-refractivity contribution >= 4 is 15.9 Å². The molecule has 1 heterocycles. The zero-order valence-corrected chi connectivity index (χ0v) is 11.1. The van der Waals surface area contributed by atoms with Crippen LogP contribution in [0.1, 0.15) is 27.2 Å². The van der Waals surface area contributed by atoms with E-state index in [0.717, 1.165) is 19.1 Å². The highest BCUT2D eigenvalue weighted by Crippen LogP contribution is 3.01. The van der Waals surface area contributed by atoms with E-state index in [1.165, 1.54) is 6.42 Å². The molecule has 4 fully saturated rings. The van der Waals surface area contributed by atoms with Gasteiger partial charge >= 0.3 is 0 Å². The van der Waals surface area contributed by atoms with Crippen LogP contribution in [0.5, 0.6) is 0 Å². The van der Waals surface area contributed by atoms with E-state index in [-0.39, 0.29) is 5.79 Å². The van der Waals surface area contributed by atoms with Crippen LogP contribution in [-0.4, -0.2) is 23.8 Å². The molecule has 3 saturated carbocycles. The normalized spacial score (nSPS) is 61.6. The lowest BCUT2D eigenvalue weighted by Gasteiger charge is -2.72. The van der Waals surface area contributed by atoms with Gasteiger partial charge in [-0.15, -0.1) is 0 Å². The van der Waals surface area contributed by atoms with Gasteiger partial charge < -0.3 is 9.47 Å². The Morgan fingerprint density at radius 1 is 1.13 bits per heavy atom. The van der Waals surface area contributed by atoms with Gasteiger partial charge in [-0.1, -0.05) is 36.7 Å². The third-order valence-corrected chi connectivity index (χ3v) is 7.69. The first-order chi connectivity index (χ1) is 6.97. The Kier molecular flexibility index (Phi) is 1.30. The van der Waals surface area contributed by atoms with Crippen LogP contribution in [0.3, 0.4) is 0 Å². The summed E-state index contributed by atoms with van der Waals surface area (Å²) < 4.78 is 11.9. The molecule has 15 heavy (non-hydrogen) atoms. The average molecular weight is 273 g/mol. The zero-order chi connectivity index (χ0) is 10.7. The quantitative estimate of drug-likeness (QED) is 0.631. The maximum absolute atomic E-state index is 5.96. The summed E-state index contributed by atoms with van der Waals surface area (Å²) in [5.41, 5.74) is 1.28. The topological polar surface area (TPSA) is 18.5 Å². The molecule has 4 atom stereocenters. The van der Waals surface area contributed by atoms with Crippen LogP contribution in [0.2, 0.25) is 0 Å². The largest absolute Gasteiger partial charge is 0.346 e. The first kappa shape index (κ1) is 9.43. The molecular formula is C12H17BrO2. The molecule has 0 aromatic heterocycles. The summed E-state index contributed by atoms with van der Waals surface area (Å²) >= 11 is 3.85. The second kappa shape index (κ2) is 2.06. The minimum absolute atomic E-state index is 0.262. The lowest BCUT2D eigenvalue weighted by atomic mass is 9.38. The van der Waals surface area contributed by atoms with Crippen LogP contribution in [0.15, 0.2) is 0 Å². The first-order valence-electron chi connectivity index (χ1n) is 5.89. The van der Waals surface area contributed by atoms with Gasteiger partial charge in [-0.2, -0.15) is 0 Å². The Hall–Kier alpha value is 0.400. The van der Waals surface area contributed by atoms with E-state index in [0.29, 0.717) is 21.1 Å². The fourth-order valence-electron chi connectivity index (χ4n) is 5.35. The molecule has 0 unspecified atom stereocenters. The predicted octanol–water partition coefficient (Wildman–Crippen LogP) is 2.56. The molecule has 0 aromatic carbocycles. The van der Waals surface area contributed by atoms with Crippen molar-refractivity contribution in [2.45, 2.75) is 37.8 Å². The Balaban J connectivity index is 1.81. The van der Waals surface area contributed by atoms with Crippen molar-refractivity contribution in [2.75, 3.05) is 13.2 Å². The maximum atomic E-state index is 5.96. The number of hydrogen-bond donors (Lipinski definition) is 0. The second-order valence-electron chi connectivity index (χ2n) is 6.29. The van der Waals surface area contributed by atoms with Gasteiger partial charge in [0.25, 0.3) is 0 Å². The third-order valence-electron chi connectivity index (χ3n) is 6.30. The van der Waals surface area contributed by atoms with Gasteiger partial charge in [0.2, 0.25) is 0 Å². The second-order valence-corrected chi connectivity index (χ2v) is 7.21. The lowest BCUT2D eigenvalue weighted by molar-refractivity contribution is -0.359. The molecule has 1 aliphatic heterocycles.